The number of unbranched alkanes of at least 4 members (excludes halogenated alkanes) is 27. The molecule has 0 radical (unpaired) electrons. The van der Waals surface area contributed by atoms with Gasteiger partial charge in [0, 0.05) is 6.42 Å². The summed E-state index contributed by atoms with van der Waals surface area (Å²) in [6.45, 7) is 6.32. The third-order valence-electron chi connectivity index (χ3n) is 11.7. The monoisotopic (exact) mass is 866 g/mol. The molecule has 3 atom stereocenters. The number of hydrogen-bond donors (Lipinski definition) is 3. The largest absolute Gasteiger partial charge is 0.462 e. The Morgan fingerprint density at radius 2 is 0.871 bits per heavy atom. The standard InChI is InChI=1S/C56H99NO5/c1-4-7-10-13-16-19-22-25-28-29-32-35-38-41-44-47-52(62-56(61)49-46-43-40-37-34-31-27-24-21-18-15-12-9-6-3)50-55(60)57-53(51-58)54(59)48-45-42-39-36-33-30-26-23-20-17-14-11-8-5-2/h7,10,13,16,19,22,25,28-29,32,35,38,52-54,58-59H,4-6,8-9,11-12,14-15,17-18,20-21,23-24,26-27,30-31,33-34,36-37,39-51H2,1-3H3,(H,57,60)/b10-7-,16-13+,22-19+,28-25-,32-29+,38-35+. The van der Waals surface area contributed by atoms with E-state index < -0.39 is 18.2 Å². The highest BCUT2D eigenvalue weighted by Crippen LogP contribution is 2.17. The van der Waals surface area contributed by atoms with Crippen LogP contribution in [-0.2, 0) is 14.3 Å². The highest BCUT2D eigenvalue weighted by Gasteiger charge is 2.24. The Morgan fingerprint density at radius 1 is 0.484 bits per heavy atom. The number of amides is 1. The van der Waals surface area contributed by atoms with E-state index in [1.165, 1.54) is 141 Å². The molecule has 0 spiro atoms. The highest BCUT2D eigenvalue weighted by atomic mass is 16.5. The first-order valence-corrected chi connectivity index (χ1v) is 26.2. The van der Waals surface area contributed by atoms with Gasteiger partial charge in [-0.25, -0.2) is 0 Å². The number of allylic oxidation sites excluding steroid dienone is 12. The number of carbonyl (C=O) groups is 2. The topological polar surface area (TPSA) is 95.9 Å². The van der Waals surface area contributed by atoms with Gasteiger partial charge >= 0.3 is 5.97 Å². The summed E-state index contributed by atoms with van der Waals surface area (Å²) in [5.74, 6) is -0.545. The summed E-state index contributed by atoms with van der Waals surface area (Å²) in [6, 6.07) is -0.727. The van der Waals surface area contributed by atoms with Crippen LogP contribution in [0.1, 0.15) is 245 Å². The molecule has 0 heterocycles. The highest BCUT2D eigenvalue weighted by molar-refractivity contribution is 5.77. The lowest BCUT2D eigenvalue weighted by Crippen LogP contribution is -2.46. The van der Waals surface area contributed by atoms with Gasteiger partial charge in [-0.2, -0.15) is 0 Å². The number of hydrogen-bond acceptors (Lipinski definition) is 5. The summed E-state index contributed by atoms with van der Waals surface area (Å²) in [7, 11) is 0. The average molecular weight is 866 g/mol. The quantitative estimate of drug-likeness (QED) is 0.0322. The molecule has 1 amide bonds. The maximum atomic E-state index is 13.2. The minimum Gasteiger partial charge on any atom is -0.462 e. The van der Waals surface area contributed by atoms with Crippen molar-refractivity contribution in [3.8, 4) is 0 Å². The molecule has 0 saturated heterocycles. The SMILES string of the molecule is CC\C=C/C=C/C=C/C=C\C=C\C=C\CCCC(CC(=O)NC(CO)C(O)CCCCCCCCCCCCCCCC)OC(=O)CCCCCCCCCCCCCCCC. The zero-order valence-corrected chi connectivity index (χ0v) is 40.7. The maximum absolute atomic E-state index is 13.2. The van der Waals surface area contributed by atoms with Gasteiger partial charge in [-0.1, -0.05) is 267 Å². The lowest BCUT2D eigenvalue weighted by Gasteiger charge is -2.24. The summed E-state index contributed by atoms with van der Waals surface area (Å²) in [5, 5.41) is 23.8. The van der Waals surface area contributed by atoms with Crippen molar-refractivity contribution in [1.29, 1.82) is 0 Å². The molecular formula is C56H99NO5. The van der Waals surface area contributed by atoms with Gasteiger partial charge in [0.05, 0.1) is 25.2 Å². The summed E-state index contributed by atoms with van der Waals surface area (Å²) < 4.78 is 5.90. The lowest BCUT2D eigenvalue weighted by atomic mass is 10.0. The molecule has 3 unspecified atom stereocenters. The normalized spacial score (nSPS) is 13.8. The average Bonchev–Trinajstić information content (AvgIpc) is 3.26. The van der Waals surface area contributed by atoms with E-state index in [9.17, 15) is 19.8 Å². The van der Waals surface area contributed by atoms with Crippen LogP contribution in [0.25, 0.3) is 0 Å². The minimum atomic E-state index is -0.809. The second kappa shape index (κ2) is 49.3. The molecule has 0 aromatic heterocycles. The van der Waals surface area contributed by atoms with Crippen molar-refractivity contribution >= 4 is 11.9 Å². The maximum Gasteiger partial charge on any atom is 0.306 e. The van der Waals surface area contributed by atoms with E-state index in [1.54, 1.807) is 0 Å². The first kappa shape index (κ1) is 59.3. The molecule has 0 bridgehead atoms. The van der Waals surface area contributed by atoms with Crippen LogP contribution in [0.4, 0.5) is 0 Å². The first-order valence-electron chi connectivity index (χ1n) is 26.2. The van der Waals surface area contributed by atoms with Crippen molar-refractivity contribution in [2.45, 2.75) is 264 Å². The molecule has 6 heteroatoms. The van der Waals surface area contributed by atoms with E-state index in [-0.39, 0.29) is 24.9 Å². The molecule has 0 fully saturated rings. The number of aliphatic hydroxyl groups excluding tert-OH is 2. The van der Waals surface area contributed by atoms with E-state index in [2.05, 4.69) is 38.2 Å². The van der Waals surface area contributed by atoms with E-state index in [1.807, 2.05) is 60.8 Å². The third kappa shape index (κ3) is 43.9. The Hall–Kier alpha value is -2.70. The fraction of sp³-hybridized carbons (Fsp3) is 0.750. The molecule has 6 nitrogen and oxygen atoms in total. The van der Waals surface area contributed by atoms with Gasteiger partial charge in [0.1, 0.15) is 6.10 Å². The summed E-state index contributed by atoms with van der Waals surface area (Å²) >= 11 is 0. The van der Waals surface area contributed by atoms with Crippen molar-refractivity contribution < 1.29 is 24.5 Å². The minimum absolute atomic E-state index is 0.0264. The van der Waals surface area contributed by atoms with Crippen LogP contribution in [0.5, 0.6) is 0 Å². The van der Waals surface area contributed by atoms with Gasteiger partial charge in [-0.3, -0.25) is 9.59 Å². The van der Waals surface area contributed by atoms with E-state index in [4.69, 9.17) is 4.74 Å². The Balaban J connectivity index is 4.70. The predicted molar refractivity (Wildman–Crippen MR) is 268 cm³/mol. The van der Waals surface area contributed by atoms with Gasteiger partial charge in [0.2, 0.25) is 5.91 Å². The van der Waals surface area contributed by atoms with Gasteiger partial charge in [-0.05, 0) is 38.5 Å². The van der Waals surface area contributed by atoms with Crippen LogP contribution in [-0.4, -0.2) is 46.9 Å². The third-order valence-corrected chi connectivity index (χ3v) is 11.7. The zero-order valence-electron chi connectivity index (χ0n) is 40.7. The van der Waals surface area contributed by atoms with Gasteiger partial charge in [-0.15, -0.1) is 0 Å². The first-order chi connectivity index (χ1) is 30.5. The van der Waals surface area contributed by atoms with Crippen LogP contribution >= 0.6 is 0 Å². The second-order valence-electron chi connectivity index (χ2n) is 17.7. The molecule has 0 aromatic rings. The molecule has 0 saturated carbocycles. The van der Waals surface area contributed by atoms with Gasteiger partial charge in [0.15, 0.2) is 0 Å². The molecule has 62 heavy (non-hydrogen) atoms. The molecular weight excluding hydrogens is 767 g/mol. The summed E-state index contributed by atoms with van der Waals surface area (Å²) in [5.41, 5.74) is 0. The van der Waals surface area contributed by atoms with Crippen LogP contribution in [0, 0.1) is 0 Å². The Kier molecular flexibility index (Phi) is 47.2. The fourth-order valence-corrected chi connectivity index (χ4v) is 7.76. The zero-order chi connectivity index (χ0) is 45.2. The number of aliphatic hydroxyl groups is 2. The molecule has 0 aliphatic carbocycles. The van der Waals surface area contributed by atoms with Gasteiger partial charge in [0.25, 0.3) is 0 Å². The van der Waals surface area contributed by atoms with Crippen LogP contribution in [0.2, 0.25) is 0 Å². The van der Waals surface area contributed by atoms with Crippen molar-refractivity contribution in [3.63, 3.8) is 0 Å². The summed E-state index contributed by atoms with van der Waals surface area (Å²) in [6.07, 6.45) is 62.5. The van der Waals surface area contributed by atoms with Crippen molar-refractivity contribution in [1.82, 2.24) is 5.32 Å². The molecule has 3 N–H and O–H groups in total. The Bertz CT molecular complexity index is 1150. The Labute approximate surface area is 383 Å². The van der Waals surface area contributed by atoms with E-state index >= 15 is 0 Å². The number of carbonyl (C=O) groups excluding carboxylic acids is 2. The number of nitrogens with one attached hydrogen (secondary N) is 1. The Morgan fingerprint density at radius 3 is 1.29 bits per heavy atom. The summed E-state index contributed by atoms with van der Waals surface area (Å²) in [4.78, 5) is 26.1. The molecule has 358 valence electrons. The smallest absolute Gasteiger partial charge is 0.306 e. The number of esters is 1. The van der Waals surface area contributed by atoms with Crippen molar-refractivity contribution in [2.75, 3.05) is 6.61 Å². The van der Waals surface area contributed by atoms with Crippen LogP contribution in [0.3, 0.4) is 0 Å². The predicted octanol–water partition coefficient (Wildman–Crippen LogP) is 15.8. The van der Waals surface area contributed by atoms with Crippen molar-refractivity contribution in [3.05, 3.63) is 72.9 Å². The van der Waals surface area contributed by atoms with Crippen molar-refractivity contribution in [2.24, 2.45) is 0 Å². The molecule has 0 aliphatic rings. The van der Waals surface area contributed by atoms with E-state index in [0.29, 0.717) is 19.3 Å². The van der Waals surface area contributed by atoms with Crippen LogP contribution in [0.15, 0.2) is 72.9 Å². The molecule has 0 rings (SSSR count). The molecule has 0 aromatic carbocycles. The number of rotatable bonds is 46. The molecule has 0 aliphatic heterocycles. The van der Waals surface area contributed by atoms with E-state index in [0.717, 1.165) is 57.8 Å². The van der Waals surface area contributed by atoms with Gasteiger partial charge < -0.3 is 20.3 Å². The lowest BCUT2D eigenvalue weighted by molar-refractivity contribution is -0.151. The van der Waals surface area contributed by atoms with Crippen LogP contribution < -0.4 is 5.32 Å². The fourth-order valence-electron chi connectivity index (χ4n) is 7.76. The second-order valence-corrected chi connectivity index (χ2v) is 17.7. The number of ether oxygens (including phenoxy) is 1.